The molecule has 12 nitrogen and oxygen atoms in total. The first kappa shape index (κ1) is 24.6. The second-order valence-electron chi connectivity index (χ2n) is 7.51. The highest BCUT2D eigenvalue weighted by Crippen LogP contribution is 2.45. The molecular weight excluding hydrogens is 495 g/mol. The molecule has 6 N–H and O–H groups in total. The van der Waals surface area contributed by atoms with Crippen LogP contribution in [0, 0.1) is 32.9 Å². The van der Waals surface area contributed by atoms with Gasteiger partial charge in [-0.2, -0.15) is 23.7 Å². The fourth-order valence-electron chi connectivity index (χ4n) is 3.60. The van der Waals surface area contributed by atoms with E-state index in [0.29, 0.717) is 0 Å². The number of aliphatic imine (C=N–C) groups is 1. The molecule has 37 heavy (non-hydrogen) atoms. The lowest BCUT2D eigenvalue weighted by Crippen LogP contribution is -2.32. The Morgan fingerprint density at radius 1 is 1.16 bits per heavy atom. The minimum absolute atomic E-state index is 0.00210. The van der Waals surface area contributed by atoms with E-state index in [1.165, 1.54) is 6.07 Å². The summed E-state index contributed by atoms with van der Waals surface area (Å²) in [5.74, 6) is -0.305. The number of halogens is 3. The van der Waals surface area contributed by atoms with Crippen LogP contribution in [-0.4, -0.2) is 15.9 Å². The lowest BCUT2D eigenvalue weighted by Gasteiger charge is -2.27. The van der Waals surface area contributed by atoms with Gasteiger partial charge in [-0.3, -0.25) is 15.4 Å². The predicted octanol–water partition coefficient (Wildman–Crippen LogP) is 3.78. The van der Waals surface area contributed by atoms with Crippen molar-refractivity contribution in [2.45, 2.75) is 12.2 Å². The molecular formula is C22H14F3N9O3. The van der Waals surface area contributed by atoms with Crippen molar-refractivity contribution in [3.63, 3.8) is 0 Å². The summed E-state index contributed by atoms with van der Waals surface area (Å²) in [6, 6.07) is 7.95. The Morgan fingerprint density at radius 2 is 1.86 bits per heavy atom. The van der Waals surface area contributed by atoms with Gasteiger partial charge in [-0.1, -0.05) is 0 Å². The third-order valence-electron chi connectivity index (χ3n) is 5.27. The van der Waals surface area contributed by atoms with Crippen LogP contribution in [0.3, 0.4) is 0 Å². The number of anilines is 3. The molecule has 2 aromatic carbocycles. The van der Waals surface area contributed by atoms with E-state index in [1.54, 1.807) is 6.19 Å². The van der Waals surface area contributed by atoms with Gasteiger partial charge in [0.25, 0.3) is 5.69 Å². The number of nitrogen functional groups attached to an aromatic ring is 2. The molecule has 0 spiro atoms. The summed E-state index contributed by atoms with van der Waals surface area (Å²) in [6.45, 7) is 0. The van der Waals surface area contributed by atoms with Crippen molar-refractivity contribution in [1.29, 1.82) is 10.5 Å². The third-order valence-corrected chi connectivity index (χ3v) is 5.27. The van der Waals surface area contributed by atoms with Crippen molar-refractivity contribution < 1.29 is 22.8 Å². The van der Waals surface area contributed by atoms with Crippen molar-refractivity contribution in [3.8, 4) is 23.8 Å². The van der Waals surface area contributed by atoms with Crippen LogP contribution >= 0.6 is 0 Å². The highest BCUT2D eigenvalue weighted by Gasteiger charge is 2.33. The number of nitrogens with zero attached hydrogens (tertiary/aromatic N) is 5. The van der Waals surface area contributed by atoms with E-state index in [-0.39, 0.29) is 57.2 Å². The molecule has 4 rings (SSSR count). The van der Waals surface area contributed by atoms with E-state index < -0.39 is 22.7 Å². The van der Waals surface area contributed by atoms with Crippen LogP contribution in [0.1, 0.15) is 28.3 Å². The molecule has 0 saturated heterocycles. The number of fused-ring (bicyclic) bond motifs is 1. The number of rotatable bonds is 4. The zero-order valence-electron chi connectivity index (χ0n) is 18.4. The van der Waals surface area contributed by atoms with Gasteiger partial charge in [0.05, 0.1) is 16.2 Å². The lowest BCUT2D eigenvalue weighted by molar-refractivity contribution is -0.384. The summed E-state index contributed by atoms with van der Waals surface area (Å²) in [5, 5.41) is 35.1. The molecule has 1 aliphatic rings. The highest BCUT2D eigenvalue weighted by molar-refractivity contribution is 5.98. The van der Waals surface area contributed by atoms with E-state index in [2.05, 4.69) is 20.6 Å². The van der Waals surface area contributed by atoms with Crippen LogP contribution in [0.15, 0.2) is 47.5 Å². The molecule has 15 heteroatoms. The Labute approximate surface area is 205 Å². The molecule has 186 valence electrons. The number of non-ortho nitro benzene ring substituents is 1. The Bertz CT molecular complexity index is 1520. The van der Waals surface area contributed by atoms with Crippen molar-refractivity contribution in [2.24, 2.45) is 4.99 Å². The van der Waals surface area contributed by atoms with Crippen LogP contribution in [0.5, 0.6) is 11.5 Å². The van der Waals surface area contributed by atoms with Gasteiger partial charge in [-0.25, -0.2) is 9.98 Å². The zero-order valence-corrected chi connectivity index (χ0v) is 18.4. The van der Waals surface area contributed by atoms with Crippen LogP contribution < -0.4 is 26.8 Å². The van der Waals surface area contributed by atoms with E-state index >= 15 is 0 Å². The average molecular weight is 509 g/mol. The second-order valence-corrected chi connectivity index (χ2v) is 7.51. The van der Waals surface area contributed by atoms with Crippen LogP contribution in [0.4, 0.5) is 36.2 Å². The van der Waals surface area contributed by atoms with Crippen LogP contribution in [0.25, 0.3) is 0 Å². The molecule has 1 unspecified atom stereocenters. The summed E-state index contributed by atoms with van der Waals surface area (Å²) >= 11 is 0. The molecule has 1 aliphatic heterocycles. The standard InChI is InChI=1S/C22H14F3N9O3/c23-22(24,25)10-1-4-12(5-2-10)37-15-6-3-11(34(35)36)7-13(15)18-16-17(28)14(8-26)19(29)32-20(16)33-21(31-18)30-9-27/h1-7,18H,(H6,28,29,30,31,32,33). The predicted molar refractivity (Wildman–Crippen MR) is 124 cm³/mol. The summed E-state index contributed by atoms with van der Waals surface area (Å²) in [7, 11) is 0. The molecule has 1 aromatic heterocycles. The number of hydrogen-bond donors (Lipinski definition) is 4. The van der Waals surface area contributed by atoms with Gasteiger partial charge in [0.15, 0.2) is 6.19 Å². The maximum absolute atomic E-state index is 12.9. The second kappa shape index (κ2) is 9.23. The third kappa shape index (κ3) is 4.69. The molecule has 2 heterocycles. The highest BCUT2D eigenvalue weighted by atomic mass is 19.4. The molecule has 0 saturated carbocycles. The summed E-state index contributed by atoms with van der Waals surface area (Å²) in [6.07, 6.45) is -2.88. The number of nitro groups is 1. The number of nitro benzene ring substituents is 1. The van der Waals surface area contributed by atoms with E-state index in [0.717, 1.165) is 36.4 Å². The van der Waals surface area contributed by atoms with Crippen molar-refractivity contribution in [1.82, 2.24) is 10.3 Å². The molecule has 0 amide bonds. The van der Waals surface area contributed by atoms with Crippen molar-refractivity contribution in [2.75, 3.05) is 16.8 Å². The molecule has 0 fully saturated rings. The summed E-state index contributed by atoms with van der Waals surface area (Å²) in [5.41, 5.74) is 10.7. The van der Waals surface area contributed by atoms with Gasteiger partial charge >= 0.3 is 6.18 Å². The smallest absolute Gasteiger partial charge is 0.416 e. The SMILES string of the molecule is N#CNC1=NC(c2cc([N+](=O)[O-])ccc2Oc2ccc(C(F)(F)F)cc2)c2c(nc(N)c(C#N)c2N)N1. The normalized spacial score (nSPS) is 14.3. The van der Waals surface area contributed by atoms with Gasteiger partial charge in [-0.15, -0.1) is 0 Å². The Morgan fingerprint density at radius 3 is 2.46 bits per heavy atom. The van der Waals surface area contributed by atoms with E-state index in [1.807, 2.05) is 6.07 Å². The number of aromatic nitrogens is 1. The topological polar surface area (TPSA) is 201 Å². The van der Waals surface area contributed by atoms with Crippen LogP contribution in [0.2, 0.25) is 0 Å². The maximum Gasteiger partial charge on any atom is 0.416 e. The van der Waals surface area contributed by atoms with E-state index in [4.69, 9.17) is 21.5 Å². The van der Waals surface area contributed by atoms with Gasteiger partial charge < -0.3 is 21.5 Å². The first-order valence-corrected chi connectivity index (χ1v) is 10.2. The van der Waals surface area contributed by atoms with Gasteiger partial charge in [-0.05, 0) is 30.3 Å². The first-order valence-electron chi connectivity index (χ1n) is 10.2. The van der Waals surface area contributed by atoms with Gasteiger partial charge in [0.1, 0.15) is 40.8 Å². The number of nitrogens with one attached hydrogen (secondary N) is 2. The Hall–Kier alpha value is -5.57. The van der Waals surface area contributed by atoms with Crippen molar-refractivity contribution in [3.05, 3.63) is 74.8 Å². The van der Waals surface area contributed by atoms with Gasteiger partial charge in [0, 0.05) is 23.3 Å². The Balaban J connectivity index is 1.90. The van der Waals surface area contributed by atoms with Gasteiger partial charge in [0.2, 0.25) is 5.96 Å². The lowest BCUT2D eigenvalue weighted by atomic mass is 9.94. The minimum atomic E-state index is -4.56. The quantitative estimate of drug-likeness (QED) is 0.173. The number of ether oxygens (including phenoxy) is 1. The number of guanidine groups is 1. The summed E-state index contributed by atoms with van der Waals surface area (Å²) in [4.78, 5) is 19.3. The summed E-state index contributed by atoms with van der Waals surface area (Å²) < 4.78 is 44.6. The molecule has 0 radical (unpaired) electrons. The fourth-order valence-corrected chi connectivity index (χ4v) is 3.60. The average Bonchev–Trinajstić information content (AvgIpc) is 2.84. The first-order chi connectivity index (χ1) is 17.5. The number of nitrogens with two attached hydrogens (primary N) is 2. The largest absolute Gasteiger partial charge is 0.457 e. The van der Waals surface area contributed by atoms with Crippen molar-refractivity contribution >= 4 is 29.0 Å². The molecule has 0 aliphatic carbocycles. The molecule has 1 atom stereocenters. The number of hydrogen-bond acceptors (Lipinski definition) is 11. The Kier molecular flexibility index (Phi) is 6.13. The number of benzene rings is 2. The number of alkyl halides is 3. The molecule has 0 bridgehead atoms. The molecule has 3 aromatic rings. The monoisotopic (exact) mass is 509 g/mol. The van der Waals surface area contributed by atoms with E-state index in [9.17, 15) is 28.5 Å². The maximum atomic E-state index is 12.9. The number of pyridine rings is 1. The fraction of sp³-hybridized carbons (Fsp3) is 0.0909. The minimum Gasteiger partial charge on any atom is -0.457 e. The number of nitriles is 2. The zero-order chi connectivity index (χ0) is 26.9. The van der Waals surface area contributed by atoms with Crippen LogP contribution in [-0.2, 0) is 6.18 Å².